The number of hydrogen-bond donors (Lipinski definition) is 2. The summed E-state index contributed by atoms with van der Waals surface area (Å²) in [6, 6.07) is 2.67. The predicted octanol–water partition coefficient (Wildman–Crippen LogP) is 2.89. The molecule has 1 aromatic rings. The Balaban J connectivity index is 3.27. The Morgan fingerprint density at radius 1 is 1.43 bits per heavy atom. The summed E-state index contributed by atoms with van der Waals surface area (Å²) in [7, 11) is 0. The second-order valence-corrected chi connectivity index (χ2v) is 3.72. The molecule has 14 heavy (non-hydrogen) atoms. The van der Waals surface area contributed by atoms with Crippen molar-refractivity contribution in [2.75, 3.05) is 0 Å². The van der Waals surface area contributed by atoms with Crippen LogP contribution in [-0.4, -0.2) is 16.2 Å². The Hall–Kier alpha value is -0.930. The zero-order chi connectivity index (χ0) is 10.9. The van der Waals surface area contributed by atoms with E-state index in [2.05, 4.69) is 0 Å². The molecule has 0 saturated heterocycles. The molecule has 1 aromatic carbocycles. The van der Waals surface area contributed by atoms with Crippen molar-refractivity contribution < 1.29 is 15.0 Å². The largest absolute Gasteiger partial charge is 0.508 e. The van der Waals surface area contributed by atoms with Gasteiger partial charge in [-0.1, -0.05) is 23.2 Å². The SMILES string of the molecule is CC(C(=O)O)c1c(O)cc(Cl)cc1Cl. The van der Waals surface area contributed by atoms with Gasteiger partial charge in [0.15, 0.2) is 0 Å². The first-order valence-electron chi connectivity index (χ1n) is 3.84. The highest BCUT2D eigenvalue weighted by atomic mass is 35.5. The Bertz CT molecular complexity index is 353. The summed E-state index contributed by atoms with van der Waals surface area (Å²) in [5.41, 5.74) is 0.184. The van der Waals surface area contributed by atoms with Gasteiger partial charge in [0.25, 0.3) is 0 Å². The molecule has 0 heterocycles. The van der Waals surface area contributed by atoms with Crippen LogP contribution in [-0.2, 0) is 4.79 Å². The summed E-state index contributed by atoms with van der Waals surface area (Å²) in [6.07, 6.45) is 0. The van der Waals surface area contributed by atoms with E-state index in [9.17, 15) is 9.90 Å². The number of phenolic OH excluding ortho intramolecular Hbond substituents is 1. The molecular formula is C9H8Cl2O3. The normalized spacial score (nSPS) is 12.5. The van der Waals surface area contributed by atoms with Crippen LogP contribution in [0.25, 0.3) is 0 Å². The van der Waals surface area contributed by atoms with Gasteiger partial charge in [-0.25, -0.2) is 0 Å². The van der Waals surface area contributed by atoms with Gasteiger partial charge in [0, 0.05) is 15.6 Å². The third-order valence-corrected chi connectivity index (χ3v) is 2.41. The Morgan fingerprint density at radius 3 is 2.43 bits per heavy atom. The second-order valence-electron chi connectivity index (χ2n) is 2.88. The first-order chi connectivity index (χ1) is 6.43. The van der Waals surface area contributed by atoms with E-state index in [4.69, 9.17) is 28.3 Å². The van der Waals surface area contributed by atoms with E-state index in [0.29, 0.717) is 0 Å². The number of hydrogen-bond acceptors (Lipinski definition) is 2. The van der Waals surface area contributed by atoms with E-state index in [1.807, 2.05) is 0 Å². The average Bonchev–Trinajstić information content (AvgIpc) is 2.01. The maximum absolute atomic E-state index is 10.7. The van der Waals surface area contributed by atoms with Crippen LogP contribution >= 0.6 is 23.2 Å². The second kappa shape index (κ2) is 4.07. The molecule has 0 aliphatic rings. The molecule has 0 radical (unpaired) electrons. The molecule has 0 spiro atoms. The van der Waals surface area contributed by atoms with Crippen LogP contribution in [0.4, 0.5) is 0 Å². The van der Waals surface area contributed by atoms with Gasteiger partial charge in [-0.05, 0) is 19.1 Å². The Morgan fingerprint density at radius 2 is 2.00 bits per heavy atom. The minimum Gasteiger partial charge on any atom is -0.508 e. The van der Waals surface area contributed by atoms with Gasteiger partial charge in [0.2, 0.25) is 0 Å². The standard InChI is InChI=1S/C9H8Cl2O3/c1-4(9(13)14)8-6(11)2-5(10)3-7(8)12/h2-4,12H,1H3,(H,13,14). The van der Waals surface area contributed by atoms with Gasteiger partial charge < -0.3 is 10.2 Å². The maximum atomic E-state index is 10.7. The summed E-state index contributed by atoms with van der Waals surface area (Å²) < 4.78 is 0. The van der Waals surface area contributed by atoms with E-state index >= 15 is 0 Å². The van der Waals surface area contributed by atoms with E-state index < -0.39 is 11.9 Å². The highest BCUT2D eigenvalue weighted by Crippen LogP contribution is 2.35. The topological polar surface area (TPSA) is 57.5 Å². The number of carboxylic acid groups (broad SMARTS) is 1. The molecule has 1 unspecified atom stereocenters. The minimum absolute atomic E-state index is 0.157. The van der Waals surface area contributed by atoms with Gasteiger partial charge in [0.1, 0.15) is 5.75 Å². The van der Waals surface area contributed by atoms with Gasteiger partial charge >= 0.3 is 5.97 Å². The van der Waals surface area contributed by atoms with Crippen molar-refractivity contribution >= 4 is 29.2 Å². The molecule has 1 atom stereocenters. The molecule has 0 amide bonds. The lowest BCUT2D eigenvalue weighted by Crippen LogP contribution is -2.08. The molecule has 0 saturated carbocycles. The number of benzene rings is 1. The Labute approximate surface area is 90.9 Å². The first kappa shape index (κ1) is 11.1. The molecule has 0 aliphatic heterocycles. The molecule has 2 N–H and O–H groups in total. The van der Waals surface area contributed by atoms with Crippen LogP contribution in [0.2, 0.25) is 10.0 Å². The average molecular weight is 235 g/mol. The van der Waals surface area contributed by atoms with Gasteiger partial charge in [0.05, 0.1) is 5.92 Å². The number of phenols is 1. The van der Waals surface area contributed by atoms with Crippen molar-refractivity contribution in [2.24, 2.45) is 0 Å². The minimum atomic E-state index is -1.05. The van der Waals surface area contributed by atoms with Gasteiger partial charge in [-0.3, -0.25) is 4.79 Å². The van der Waals surface area contributed by atoms with E-state index in [-0.39, 0.29) is 21.4 Å². The molecule has 3 nitrogen and oxygen atoms in total. The molecule has 0 bridgehead atoms. The van der Waals surface area contributed by atoms with Crippen molar-refractivity contribution in [3.63, 3.8) is 0 Å². The third-order valence-electron chi connectivity index (χ3n) is 1.88. The van der Waals surface area contributed by atoms with Crippen molar-refractivity contribution in [3.05, 3.63) is 27.7 Å². The molecule has 0 aliphatic carbocycles. The van der Waals surface area contributed by atoms with E-state index in [1.54, 1.807) is 0 Å². The lowest BCUT2D eigenvalue weighted by Gasteiger charge is -2.11. The highest BCUT2D eigenvalue weighted by molar-refractivity contribution is 6.35. The summed E-state index contributed by atoms with van der Waals surface area (Å²) >= 11 is 11.4. The van der Waals surface area contributed by atoms with Crippen molar-refractivity contribution in [1.82, 2.24) is 0 Å². The molecule has 76 valence electrons. The number of carbonyl (C=O) groups is 1. The number of carboxylic acids is 1. The lowest BCUT2D eigenvalue weighted by atomic mass is 10.0. The summed E-state index contributed by atoms with van der Waals surface area (Å²) in [6.45, 7) is 1.44. The number of aromatic hydroxyl groups is 1. The highest BCUT2D eigenvalue weighted by Gasteiger charge is 2.21. The summed E-state index contributed by atoms with van der Waals surface area (Å²) in [4.78, 5) is 10.7. The molecular weight excluding hydrogens is 227 g/mol. The van der Waals surface area contributed by atoms with Crippen LogP contribution in [0.5, 0.6) is 5.75 Å². The van der Waals surface area contributed by atoms with Crippen LogP contribution in [0.3, 0.4) is 0 Å². The third kappa shape index (κ3) is 2.11. The number of aliphatic carboxylic acids is 1. The Kier molecular flexibility index (Phi) is 3.24. The van der Waals surface area contributed by atoms with Crippen molar-refractivity contribution in [1.29, 1.82) is 0 Å². The van der Waals surface area contributed by atoms with Crippen LogP contribution < -0.4 is 0 Å². The zero-order valence-corrected chi connectivity index (χ0v) is 8.80. The van der Waals surface area contributed by atoms with Crippen molar-refractivity contribution in [3.8, 4) is 5.75 Å². The number of halogens is 2. The fraction of sp³-hybridized carbons (Fsp3) is 0.222. The van der Waals surface area contributed by atoms with Crippen LogP contribution in [0.15, 0.2) is 12.1 Å². The fourth-order valence-electron chi connectivity index (χ4n) is 1.12. The molecule has 0 aromatic heterocycles. The summed E-state index contributed by atoms with van der Waals surface area (Å²) in [5, 5.41) is 18.6. The number of rotatable bonds is 2. The molecule has 5 heteroatoms. The maximum Gasteiger partial charge on any atom is 0.310 e. The molecule has 1 rings (SSSR count). The van der Waals surface area contributed by atoms with Gasteiger partial charge in [-0.15, -0.1) is 0 Å². The first-order valence-corrected chi connectivity index (χ1v) is 4.59. The van der Waals surface area contributed by atoms with E-state index in [1.165, 1.54) is 19.1 Å². The van der Waals surface area contributed by atoms with Crippen LogP contribution in [0, 0.1) is 0 Å². The fourth-order valence-corrected chi connectivity index (χ4v) is 1.77. The zero-order valence-electron chi connectivity index (χ0n) is 7.29. The summed E-state index contributed by atoms with van der Waals surface area (Å²) in [5.74, 6) is -2.11. The quantitative estimate of drug-likeness (QED) is 0.828. The smallest absolute Gasteiger partial charge is 0.310 e. The lowest BCUT2D eigenvalue weighted by molar-refractivity contribution is -0.138. The van der Waals surface area contributed by atoms with Gasteiger partial charge in [-0.2, -0.15) is 0 Å². The van der Waals surface area contributed by atoms with Crippen LogP contribution in [0.1, 0.15) is 18.4 Å². The van der Waals surface area contributed by atoms with E-state index in [0.717, 1.165) is 0 Å². The van der Waals surface area contributed by atoms with Crippen molar-refractivity contribution in [2.45, 2.75) is 12.8 Å². The predicted molar refractivity (Wildman–Crippen MR) is 54.2 cm³/mol. The monoisotopic (exact) mass is 234 g/mol. The molecule has 0 fully saturated rings.